The largest absolute Gasteiger partial charge is 0.492 e. The van der Waals surface area contributed by atoms with Gasteiger partial charge >= 0.3 is 0 Å². The smallest absolute Gasteiger partial charge is 0.240 e. The van der Waals surface area contributed by atoms with Crippen molar-refractivity contribution in [1.29, 1.82) is 0 Å². The predicted molar refractivity (Wildman–Crippen MR) is 84.4 cm³/mol. The minimum absolute atomic E-state index is 0.0177. The summed E-state index contributed by atoms with van der Waals surface area (Å²) in [4.78, 5) is 14.3. The van der Waals surface area contributed by atoms with Crippen molar-refractivity contribution in [3.63, 3.8) is 0 Å². The average Bonchev–Trinajstić information content (AvgIpc) is 2.47. The number of nitrogens with one attached hydrogen (secondary N) is 1. The lowest BCUT2D eigenvalue weighted by Crippen LogP contribution is -2.56. The quantitative estimate of drug-likeness (QED) is 0.905. The molecule has 2 rings (SSSR count). The highest BCUT2D eigenvalue weighted by molar-refractivity contribution is 5.82. The van der Waals surface area contributed by atoms with Crippen LogP contribution in [0.3, 0.4) is 0 Å². The van der Waals surface area contributed by atoms with Crippen LogP contribution in [-0.4, -0.2) is 43.6 Å². The van der Waals surface area contributed by atoms with Crippen LogP contribution in [0.25, 0.3) is 0 Å². The predicted octanol–water partition coefficient (Wildman–Crippen LogP) is 2.30. The molecule has 0 spiro atoms. The minimum atomic E-state index is -0.0898. The summed E-state index contributed by atoms with van der Waals surface area (Å²) in [5.74, 6) is 1.01. The van der Waals surface area contributed by atoms with Gasteiger partial charge in [0.05, 0.1) is 12.6 Å². The number of benzene rings is 1. The van der Waals surface area contributed by atoms with Gasteiger partial charge in [0, 0.05) is 7.05 Å². The van der Waals surface area contributed by atoms with Gasteiger partial charge in [-0.05, 0) is 36.9 Å². The summed E-state index contributed by atoms with van der Waals surface area (Å²) in [5, 5.41) is 3.37. The minimum Gasteiger partial charge on any atom is -0.492 e. The van der Waals surface area contributed by atoms with E-state index >= 15 is 0 Å². The molecule has 1 amide bonds. The third-order valence-corrected chi connectivity index (χ3v) is 4.19. The van der Waals surface area contributed by atoms with Crippen LogP contribution < -0.4 is 10.1 Å². The zero-order valence-corrected chi connectivity index (χ0v) is 13.3. The Balaban J connectivity index is 1.82. The van der Waals surface area contributed by atoms with E-state index in [4.69, 9.17) is 4.74 Å². The van der Waals surface area contributed by atoms with Gasteiger partial charge in [0.1, 0.15) is 12.4 Å². The van der Waals surface area contributed by atoms with Crippen molar-refractivity contribution in [3.8, 4) is 5.75 Å². The van der Waals surface area contributed by atoms with Gasteiger partial charge in [0.15, 0.2) is 0 Å². The van der Waals surface area contributed by atoms with E-state index in [9.17, 15) is 4.79 Å². The van der Waals surface area contributed by atoms with E-state index in [0.717, 1.165) is 25.1 Å². The molecule has 1 aromatic carbocycles. The van der Waals surface area contributed by atoms with Crippen molar-refractivity contribution in [2.75, 3.05) is 26.7 Å². The summed E-state index contributed by atoms with van der Waals surface area (Å²) in [7, 11) is 1.85. The van der Waals surface area contributed by atoms with E-state index in [2.05, 4.69) is 19.2 Å². The molecule has 0 aliphatic carbocycles. The molecule has 1 aliphatic rings. The van der Waals surface area contributed by atoms with E-state index in [1.807, 2.05) is 37.4 Å². The molecule has 0 radical (unpaired) electrons. The molecule has 1 aromatic rings. The lowest BCUT2D eigenvalue weighted by atomic mass is 9.77. The van der Waals surface area contributed by atoms with Gasteiger partial charge in [-0.2, -0.15) is 0 Å². The van der Waals surface area contributed by atoms with Crippen LogP contribution in [0.5, 0.6) is 5.75 Å². The number of hydrogen-bond donors (Lipinski definition) is 1. The molecule has 1 saturated heterocycles. The maximum atomic E-state index is 12.6. The molecule has 4 nitrogen and oxygen atoms in total. The topological polar surface area (TPSA) is 41.6 Å². The molecule has 0 saturated carbocycles. The number of rotatable bonds is 5. The number of amides is 1. The fraction of sp³-hybridized carbons (Fsp3) is 0.588. The van der Waals surface area contributed by atoms with Crippen molar-refractivity contribution >= 4 is 5.91 Å². The lowest BCUT2D eigenvalue weighted by Gasteiger charge is -2.40. The van der Waals surface area contributed by atoms with Crippen LogP contribution in [0.2, 0.25) is 0 Å². The highest BCUT2D eigenvalue weighted by Gasteiger charge is 2.38. The van der Waals surface area contributed by atoms with E-state index in [1.165, 1.54) is 0 Å². The Morgan fingerprint density at radius 1 is 1.38 bits per heavy atom. The van der Waals surface area contributed by atoms with Crippen LogP contribution in [0.15, 0.2) is 30.3 Å². The van der Waals surface area contributed by atoms with Crippen molar-refractivity contribution in [1.82, 2.24) is 10.2 Å². The standard InChI is InChI=1S/C17H26N2O2/c1-17(2)10-7-11-18-15(17)16(20)19(3)12-13-21-14-8-5-4-6-9-14/h4-6,8-9,15,18H,7,10-13H2,1-3H3. The zero-order valence-electron chi connectivity index (χ0n) is 13.3. The van der Waals surface area contributed by atoms with Crippen molar-refractivity contribution in [3.05, 3.63) is 30.3 Å². The first-order chi connectivity index (χ1) is 10.0. The van der Waals surface area contributed by atoms with E-state index in [1.54, 1.807) is 4.90 Å². The molecule has 0 bridgehead atoms. The molecule has 1 N–H and O–H groups in total. The Morgan fingerprint density at radius 2 is 2.10 bits per heavy atom. The Bertz CT molecular complexity index is 459. The van der Waals surface area contributed by atoms with E-state index in [0.29, 0.717) is 13.2 Å². The van der Waals surface area contributed by atoms with Crippen LogP contribution in [-0.2, 0) is 4.79 Å². The number of ether oxygens (including phenoxy) is 1. The molecule has 1 aliphatic heterocycles. The van der Waals surface area contributed by atoms with Crippen LogP contribution >= 0.6 is 0 Å². The first-order valence-electron chi connectivity index (χ1n) is 7.67. The monoisotopic (exact) mass is 290 g/mol. The molecule has 4 heteroatoms. The number of nitrogens with zero attached hydrogens (tertiary/aromatic N) is 1. The summed E-state index contributed by atoms with van der Waals surface area (Å²) < 4.78 is 5.65. The SMILES string of the molecule is CN(CCOc1ccccc1)C(=O)C1NCCCC1(C)C. The first kappa shape index (κ1) is 15.8. The number of hydrogen-bond acceptors (Lipinski definition) is 3. The summed E-state index contributed by atoms with van der Waals surface area (Å²) in [6, 6.07) is 9.60. The number of para-hydroxylation sites is 1. The van der Waals surface area contributed by atoms with Gasteiger partial charge in [-0.25, -0.2) is 0 Å². The number of piperidine rings is 1. The van der Waals surface area contributed by atoms with Crippen molar-refractivity contribution < 1.29 is 9.53 Å². The van der Waals surface area contributed by atoms with Gasteiger partial charge in [-0.1, -0.05) is 32.0 Å². The second kappa shape index (κ2) is 6.94. The zero-order chi connectivity index (χ0) is 15.3. The summed E-state index contributed by atoms with van der Waals surface area (Å²) in [5.41, 5.74) is 0.0177. The highest BCUT2D eigenvalue weighted by Crippen LogP contribution is 2.30. The molecular weight excluding hydrogens is 264 g/mol. The summed E-state index contributed by atoms with van der Waals surface area (Å²) >= 11 is 0. The van der Waals surface area contributed by atoms with Crippen LogP contribution in [0.4, 0.5) is 0 Å². The third kappa shape index (κ3) is 4.21. The Morgan fingerprint density at radius 3 is 2.76 bits per heavy atom. The first-order valence-corrected chi connectivity index (χ1v) is 7.67. The normalized spacial score (nSPS) is 20.8. The van der Waals surface area contributed by atoms with E-state index < -0.39 is 0 Å². The number of likely N-dealkylation sites (N-methyl/N-ethyl adjacent to an activating group) is 1. The molecule has 1 fully saturated rings. The fourth-order valence-electron chi connectivity index (χ4n) is 2.78. The van der Waals surface area contributed by atoms with Gasteiger partial charge in [-0.3, -0.25) is 4.79 Å². The van der Waals surface area contributed by atoms with Gasteiger partial charge < -0.3 is 15.0 Å². The Kier molecular flexibility index (Phi) is 5.23. The molecule has 116 valence electrons. The third-order valence-electron chi connectivity index (χ3n) is 4.19. The summed E-state index contributed by atoms with van der Waals surface area (Å²) in [6.07, 6.45) is 2.22. The second-order valence-corrected chi connectivity index (χ2v) is 6.40. The lowest BCUT2D eigenvalue weighted by molar-refractivity contribution is -0.136. The average molecular weight is 290 g/mol. The molecule has 0 aromatic heterocycles. The highest BCUT2D eigenvalue weighted by atomic mass is 16.5. The van der Waals surface area contributed by atoms with Crippen LogP contribution in [0.1, 0.15) is 26.7 Å². The fourth-order valence-corrected chi connectivity index (χ4v) is 2.78. The van der Waals surface area contributed by atoms with Gasteiger partial charge in [0.25, 0.3) is 0 Å². The molecule has 1 unspecified atom stereocenters. The molecular formula is C17H26N2O2. The summed E-state index contributed by atoms with van der Waals surface area (Å²) in [6.45, 7) is 6.36. The number of carbonyl (C=O) groups is 1. The Hall–Kier alpha value is -1.55. The van der Waals surface area contributed by atoms with Crippen molar-refractivity contribution in [2.24, 2.45) is 5.41 Å². The molecule has 21 heavy (non-hydrogen) atoms. The van der Waals surface area contributed by atoms with Crippen LogP contribution in [0, 0.1) is 5.41 Å². The molecule has 1 atom stereocenters. The van der Waals surface area contributed by atoms with E-state index in [-0.39, 0.29) is 17.4 Å². The van der Waals surface area contributed by atoms with Gasteiger partial charge in [0.2, 0.25) is 5.91 Å². The molecule has 1 heterocycles. The maximum absolute atomic E-state index is 12.6. The second-order valence-electron chi connectivity index (χ2n) is 6.40. The number of carbonyl (C=O) groups excluding carboxylic acids is 1. The maximum Gasteiger partial charge on any atom is 0.240 e. The van der Waals surface area contributed by atoms with Gasteiger partial charge in [-0.15, -0.1) is 0 Å². The van der Waals surface area contributed by atoms with Crippen molar-refractivity contribution in [2.45, 2.75) is 32.7 Å². The Labute approximate surface area is 127 Å².